The maximum Gasteiger partial charge on any atom is 0.261 e. The highest BCUT2D eigenvalue weighted by Gasteiger charge is 2.45. The first kappa shape index (κ1) is 24.9. The van der Waals surface area contributed by atoms with E-state index in [0.29, 0.717) is 32.0 Å². The fraction of sp³-hybridized carbons (Fsp3) is 0.538. The van der Waals surface area contributed by atoms with Crippen molar-refractivity contribution in [1.29, 1.82) is 0 Å². The average molecular weight is 501 g/mol. The fourth-order valence-corrected chi connectivity index (χ4v) is 5.54. The Balaban J connectivity index is 1.65. The number of hydrogen-bond donors (Lipinski definition) is 3. The zero-order valence-electron chi connectivity index (χ0n) is 21.0. The average Bonchev–Trinajstić information content (AvgIpc) is 3.08. The van der Waals surface area contributed by atoms with Crippen LogP contribution in [0.3, 0.4) is 0 Å². The Morgan fingerprint density at radius 1 is 1.25 bits per heavy atom. The minimum Gasteiger partial charge on any atom is -0.487 e. The van der Waals surface area contributed by atoms with Crippen molar-refractivity contribution < 1.29 is 18.3 Å². The zero-order chi connectivity index (χ0) is 25.4. The van der Waals surface area contributed by atoms with Crippen LogP contribution in [0.5, 0.6) is 5.75 Å². The second-order valence-corrected chi connectivity index (χ2v) is 10.3. The Hall–Kier alpha value is -2.82. The van der Waals surface area contributed by atoms with Gasteiger partial charge in [-0.2, -0.15) is 0 Å². The monoisotopic (exact) mass is 500 g/mol. The quantitative estimate of drug-likeness (QED) is 0.524. The Bertz CT molecular complexity index is 1140. The van der Waals surface area contributed by atoms with Gasteiger partial charge in [0.15, 0.2) is 11.6 Å². The molecule has 8 nitrogen and oxygen atoms in total. The number of rotatable bonds is 6. The Morgan fingerprint density at radius 2 is 2.06 bits per heavy atom. The van der Waals surface area contributed by atoms with Gasteiger partial charge in [0.05, 0.1) is 6.04 Å². The summed E-state index contributed by atoms with van der Waals surface area (Å²) < 4.78 is 36.8. The van der Waals surface area contributed by atoms with Gasteiger partial charge < -0.3 is 30.5 Å². The van der Waals surface area contributed by atoms with Crippen LogP contribution in [0.1, 0.15) is 30.6 Å². The summed E-state index contributed by atoms with van der Waals surface area (Å²) in [6.07, 6.45) is 0.810. The lowest BCUT2D eigenvalue weighted by Crippen LogP contribution is -2.55. The van der Waals surface area contributed by atoms with Gasteiger partial charge in [0.25, 0.3) is 5.91 Å². The third kappa shape index (κ3) is 4.42. The summed E-state index contributed by atoms with van der Waals surface area (Å²) in [5.41, 5.74) is -0.354. The predicted molar refractivity (Wildman–Crippen MR) is 135 cm³/mol. The molecule has 2 atom stereocenters. The number of nitrogens with zero attached hydrogens (tertiary/aromatic N) is 3. The van der Waals surface area contributed by atoms with E-state index in [1.165, 1.54) is 12.1 Å². The van der Waals surface area contributed by atoms with Gasteiger partial charge in [-0.05, 0) is 39.4 Å². The van der Waals surface area contributed by atoms with E-state index in [-0.39, 0.29) is 52.7 Å². The van der Waals surface area contributed by atoms with Crippen LogP contribution in [0.4, 0.5) is 14.6 Å². The van der Waals surface area contributed by atoms with Gasteiger partial charge in [-0.1, -0.05) is 12.1 Å². The molecule has 1 aromatic carbocycles. The third-order valence-electron chi connectivity index (χ3n) is 7.39. The standard InChI is InChI=1S/C26H34F2N6O2/c1-26(2)12-16(31-9-8-29-3)14-34(26)24-20-23(36-15-17-13-30-10-11-33(17)25(20)35)21(28)22(32-24)18-6-4-5-7-19(18)27/h4-7,16-17,29-31H,8-15H2,1-3H3/t16?,17-/m1/s1. The normalized spacial score (nSPS) is 23.2. The van der Waals surface area contributed by atoms with Crippen LogP contribution in [0.25, 0.3) is 11.3 Å². The molecule has 0 aliphatic carbocycles. The van der Waals surface area contributed by atoms with Gasteiger partial charge in [-0.25, -0.2) is 13.8 Å². The summed E-state index contributed by atoms with van der Waals surface area (Å²) in [4.78, 5) is 22.4. The number of piperazine rings is 1. The number of carbonyl (C=O) groups excluding carboxylic acids is 1. The van der Waals surface area contributed by atoms with Crippen molar-refractivity contribution >= 4 is 11.7 Å². The fourth-order valence-electron chi connectivity index (χ4n) is 5.54. The largest absolute Gasteiger partial charge is 0.487 e. The first-order chi connectivity index (χ1) is 17.3. The van der Waals surface area contributed by atoms with E-state index in [9.17, 15) is 9.18 Å². The lowest BCUT2D eigenvalue weighted by molar-refractivity contribution is 0.0606. The molecule has 0 bridgehead atoms. The van der Waals surface area contributed by atoms with Crippen molar-refractivity contribution in [2.75, 3.05) is 57.8 Å². The molecule has 3 aliphatic heterocycles. The molecule has 10 heteroatoms. The summed E-state index contributed by atoms with van der Waals surface area (Å²) in [6, 6.07) is 5.91. The number of hydrogen-bond acceptors (Lipinski definition) is 7. The van der Waals surface area contributed by atoms with Gasteiger partial charge in [0.2, 0.25) is 0 Å². The molecule has 36 heavy (non-hydrogen) atoms. The number of ether oxygens (including phenoxy) is 1. The number of halogens is 2. The van der Waals surface area contributed by atoms with Gasteiger partial charge in [-0.15, -0.1) is 0 Å². The number of pyridine rings is 1. The van der Waals surface area contributed by atoms with Crippen LogP contribution in [0.2, 0.25) is 0 Å². The van der Waals surface area contributed by atoms with E-state index < -0.39 is 11.6 Å². The maximum absolute atomic E-state index is 16.0. The molecule has 194 valence electrons. The highest BCUT2D eigenvalue weighted by Crippen LogP contribution is 2.43. The molecule has 3 aliphatic rings. The third-order valence-corrected chi connectivity index (χ3v) is 7.39. The van der Waals surface area contributed by atoms with Crippen LogP contribution in [-0.4, -0.2) is 86.3 Å². The van der Waals surface area contributed by atoms with Crippen molar-refractivity contribution in [3.8, 4) is 17.0 Å². The second-order valence-electron chi connectivity index (χ2n) is 10.3. The molecule has 2 saturated heterocycles. The molecule has 1 unspecified atom stereocenters. The number of aromatic nitrogens is 1. The smallest absolute Gasteiger partial charge is 0.261 e. The topological polar surface area (TPSA) is 81.8 Å². The summed E-state index contributed by atoms with van der Waals surface area (Å²) in [6.45, 7) is 8.25. The molecule has 5 rings (SSSR count). The maximum atomic E-state index is 16.0. The lowest BCUT2D eigenvalue weighted by Gasteiger charge is -2.36. The number of benzene rings is 1. The summed E-state index contributed by atoms with van der Waals surface area (Å²) >= 11 is 0. The van der Waals surface area contributed by atoms with E-state index in [1.807, 2.05) is 7.05 Å². The van der Waals surface area contributed by atoms with Crippen molar-refractivity contribution in [1.82, 2.24) is 25.8 Å². The van der Waals surface area contributed by atoms with Crippen LogP contribution in [0.15, 0.2) is 24.3 Å². The molecular weight excluding hydrogens is 466 g/mol. The van der Waals surface area contributed by atoms with Crippen LogP contribution in [-0.2, 0) is 0 Å². The van der Waals surface area contributed by atoms with E-state index in [2.05, 4.69) is 39.7 Å². The number of nitrogens with one attached hydrogen (secondary N) is 3. The van der Waals surface area contributed by atoms with Crippen LogP contribution >= 0.6 is 0 Å². The van der Waals surface area contributed by atoms with Crippen molar-refractivity contribution in [3.63, 3.8) is 0 Å². The van der Waals surface area contributed by atoms with Crippen molar-refractivity contribution in [2.45, 2.75) is 37.9 Å². The lowest BCUT2D eigenvalue weighted by atomic mass is 9.99. The Kier molecular flexibility index (Phi) is 6.84. The summed E-state index contributed by atoms with van der Waals surface area (Å²) in [7, 11) is 1.91. The molecule has 1 amide bonds. The van der Waals surface area contributed by atoms with Crippen molar-refractivity contribution in [2.24, 2.45) is 0 Å². The molecule has 1 aromatic heterocycles. The SMILES string of the molecule is CNCCNC1CN(c2nc(-c3ccccc3F)c(F)c3c2C(=O)N2CCNC[C@@H]2CO3)C(C)(C)C1. The molecule has 2 aromatic rings. The van der Waals surface area contributed by atoms with Crippen molar-refractivity contribution in [3.05, 3.63) is 41.5 Å². The number of carbonyl (C=O) groups is 1. The first-order valence-corrected chi connectivity index (χ1v) is 12.6. The highest BCUT2D eigenvalue weighted by molar-refractivity contribution is 6.03. The Labute approximate surface area is 210 Å². The van der Waals surface area contributed by atoms with E-state index in [0.717, 1.165) is 19.5 Å². The molecule has 0 spiro atoms. The minimum absolute atomic E-state index is 0.0411. The predicted octanol–water partition coefficient (Wildman–Crippen LogP) is 2.00. The molecule has 0 saturated carbocycles. The number of amides is 1. The number of anilines is 1. The highest BCUT2D eigenvalue weighted by atomic mass is 19.1. The first-order valence-electron chi connectivity index (χ1n) is 12.6. The van der Waals surface area contributed by atoms with Gasteiger partial charge in [0.1, 0.15) is 29.5 Å². The zero-order valence-corrected chi connectivity index (χ0v) is 21.0. The summed E-state index contributed by atoms with van der Waals surface area (Å²) in [5.74, 6) is -1.47. The number of likely N-dealkylation sites (N-methyl/N-ethyl adjacent to an activating group) is 1. The Morgan fingerprint density at radius 3 is 2.83 bits per heavy atom. The van der Waals surface area contributed by atoms with Crippen LogP contribution in [0, 0.1) is 11.6 Å². The minimum atomic E-state index is -0.805. The molecule has 3 N–H and O–H groups in total. The van der Waals surface area contributed by atoms with Gasteiger partial charge in [-0.3, -0.25) is 4.79 Å². The molecule has 2 fully saturated rings. The van der Waals surface area contributed by atoms with Gasteiger partial charge in [0, 0.05) is 56.4 Å². The van der Waals surface area contributed by atoms with Gasteiger partial charge >= 0.3 is 0 Å². The molecule has 4 heterocycles. The van der Waals surface area contributed by atoms with E-state index in [1.54, 1.807) is 17.0 Å². The second kappa shape index (κ2) is 9.91. The van der Waals surface area contributed by atoms with Crippen LogP contribution < -0.4 is 25.6 Å². The van der Waals surface area contributed by atoms with E-state index >= 15 is 4.39 Å². The number of fused-ring (bicyclic) bond motifs is 2. The molecule has 0 radical (unpaired) electrons. The molecular formula is C26H34F2N6O2. The summed E-state index contributed by atoms with van der Waals surface area (Å²) in [5, 5.41) is 9.96. The van der Waals surface area contributed by atoms with E-state index in [4.69, 9.17) is 4.74 Å².